The molecule has 0 saturated carbocycles. The summed E-state index contributed by atoms with van der Waals surface area (Å²) in [6.07, 6.45) is 1.01. The van der Waals surface area contributed by atoms with Crippen LogP contribution in [0.25, 0.3) is 0 Å². The fraction of sp³-hybridized carbons (Fsp3) is 0.500. The number of nitrogens with zero attached hydrogens (tertiary/aromatic N) is 2. The molecule has 0 fully saturated rings. The molecular formula is C16H24N2O2. The molecule has 4 heteroatoms. The van der Waals surface area contributed by atoms with Crippen molar-refractivity contribution in [2.24, 2.45) is 5.92 Å². The van der Waals surface area contributed by atoms with Crippen molar-refractivity contribution < 1.29 is 9.59 Å². The third-order valence-electron chi connectivity index (χ3n) is 3.26. The largest absolute Gasteiger partial charge is 0.316 e. The molecule has 0 bridgehead atoms. The van der Waals surface area contributed by atoms with Crippen LogP contribution in [0.1, 0.15) is 33.6 Å². The number of hydrogen-bond donors (Lipinski definition) is 0. The Morgan fingerprint density at radius 3 is 1.70 bits per heavy atom. The van der Waals surface area contributed by atoms with Crippen molar-refractivity contribution in [2.75, 3.05) is 23.9 Å². The predicted molar refractivity (Wildman–Crippen MR) is 83.0 cm³/mol. The summed E-state index contributed by atoms with van der Waals surface area (Å²) < 4.78 is 0. The van der Waals surface area contributed by atoms with Gasteiger partial charge in [0.1, 0.15) is 0 Å². The van der Waals surface area contributed by atoms with Crippen LogP contribution < -0.4 is 9.80 Å². The van der Waals surface area contributed by atoms with E-state index >= 15 is 0 Å². The van der Waals surface area contributed by atoms with Crippen molar-refractivity contribution in [2.45, 2.75) is 33.6 Å². The number of amides is 2. The van der Waals surface area contributed by atoms with Gasteiger partial charge in [-0.15, -0.1) is 0 Å². The van der Waals surface area contributed by atoms with Gasteiger partial charge in [-0.25, -0.2) is 0 Å². The van der Waals surface area contributed by atoms with Gasteiger partial charge in [0.05, 0.1) is 0 Å². The van der Waals surface area contributed by atoms with Gasteiger partial charge in [0.25, 0.3) is 0 Å². The first-order valence-corrected chi connectivity index (χ1v) is 7.00. The van der Waals surface area contributed by atoms with Crippen LogP contribution in [0.5, 0.6) is 0 Å². The lowest BCUT2D eigenvalue weighted by Crippen LogP contribution is -2.27. The zero-order valence-electron chi connectivity index (χ0n) is 13.0. The molecular weight excluding hydrogens is 252 g/mol. The SMILES string of the molecule is CCC(=O)N(C)c1ccc(N(C)C(=O)CC(C)C)cc1. The van der Waals surface area contributed by atoms with Crippen molar-refractivity contribution in [3.63, 3.8) is 0 Å². The fourth-order valence-corrected chi connectivity index (χ4v) is 1.91. The Hall–Kier alpha value is -1.84. The lowest BCUT2D eigenvalue weighted by Gasteiger charge is -2.21. The van der Waals surface area contributed by atoms with Gasteiger partial charge < -0.3 is 9.80 Å². The first kappa shape index (κ1) is 16.2. The molecule has 0 aromatic heterocycles. The Bertz CT molecular complexity index is 466. The molecule has 1 aromatic carbocycles. The summed E-state index contributed by atoms with van der Waals surface area (Å²) >= 11 is 0. The van der Waals surface area contributed by atoms with Crippen LogP contribution in [0.15, 0.2) is 24.3 Å². The van der Waals surface area contributed by atoms with Crippen LogP contribution in [-0.4, -0.2) is 25.9 Å². The molecule has 4 nitrogen and oxygen atoms in total. The minimum Gasteiger partial charge on any atom is -0.316 e. The molecule has 0 unspecified atom stereocenters. The maximum absolute atomic E-state index is 12.0. The Kier molecular flexibility index (Phi) is 5.74. The third kappa shape index (κ3) is 4.08. The molecule has 1 rings (SSSR count). The second kappa shape index (κ2) is 7.08. The van der Waals surface area contributed by atoms with E-state index in [-0.39, 0.29) is 11.8 Å². The summed E-state index contributed by atoms with van der Waals surface area (Å²) in [6.45, 7) is 5.89. The normalized spacial score (nSPS) is 10.5. The molecule has 0 spiro atoms. The summed E-state index contributed by atoms with van der Waals surface area (Å²) in [7, 11) is 3.54. The Morgan fingerprint density at radius 1 is 0.950 bits per heavy atom. The number of anilines is 2. The van der Waals surface area contributed by atoms with Gasteiger partial charge in [0.15, 0.2) is 0 Å². The van der Waals surface area contributed by atoms with E-state index in [0.29, 0.717) is 18.8 Å². The number of carbonyl (C=O) groups excluding carboxylic acids is 2. The van der Waals surface area contributed by atoms with Gasteiger partial charge in [-0.1, -0.05) is 20.8 Å². The molecule has 0 N–H and O–H groups in total. The molecule has 1 aromatic rings. The van der Waals surface area contributed by atoms with Gasteiger partial charge in [-0.05, 0) is 30.2 Å². The van der Waals surface area contributed by atoms with Crippen molar-refractivity contribution in [3.8, 4) is 0 Å². The maximum Gasteiger partial charge on any atom is 0.226 e. The molecule has 0 aliphatic rings. The third-order valence-corrected chi connectivity index (χ3v) is 3.26. The molecule has 0 heterocycles. The zero-order valence-corrected chi connectivity index (χ0v) is 13.0. The van der Waals surface area contributed by atoms with Crippen molar-refractivity contribution in [3.05, 3.63) is 24.3 Å². The van der Waals surface area contributed by atoms with Crippen molar-refractivity contribution >= 4 is 23.2 Å². The minimum atomic E-state index is 0.0713. The molecule has 0 saturated heterocycles. The molecule has 0 radical (unpaired) electrons. The van der Waals surface area contributed by atoms with E-state index in [1.54, 1.807) is 23.9 Å². The van der Waals surface area contributed by atoms with Crippen LogP contribution >= 0.6 is 0 Å². The van der Waals surface area contributed by atoms with E-state index in [0.717, 1.165) is 11.4 Å². The van der Waals surface area contributed by atoms with Gasteiger partial charge in [-0.2, -0.15) is 0 Å². The van der Waals surface area contributed by atoms with Gasteiger partial charge in [-0.3, -0.25) is 9.59 Å². The van der Waals surface area contributed by atoms with Gasteiger partial charge in [0, 0.05) is 38.3 Å². The number of rotatable bonds is 5. The van der Waals surface area contributed by atoms with Crippen LogP contribution in [0, 0.1) is 5.92 Å². The fourth-order valence-electron chi connectivity index (χ4n) is 1.91. The van der Waals surface area contributed by atoms with E-state index in [4.69, 9.17) is 0 Å². The van der Waals surface area contributed by atoms with E-state index in [2.05, 4.69) is 0 Å². The highest BCUT2D eigenvalue weighted by molar-refractivity contribution is 5.95. The second-order valence-corrected chi connectivity index (χ2v) is 5.37. The topological polar surface area (TPSA) is 40.6 Å². The monoisotopic (exact) mass is 276 g/mol. The smallest absolute Gasteiger partial charge is 0.226 e. The Labute approximate surface area is 121 Å². The first-order chi connectivity index (χ1) is 9.36. The average molecular weight is 276 g/mol. The van der Waals surface area contributed by atoms with Crippen LogP contribution in [0.3, 0.4) is 0 Å². The van der Waals surface area contributed by atoms with E-state index in [9.17, 15) is 9.59 Å². The van der Waals surface area contributed by atoms with Crippen LogP contribution in [0.4, 0.5) is 11.4 Å². The summed E-state index contributed by atoms with van der Waals surface area (Å²) in [4.78, 5) is 26.9. The van der Waals surface area contributed by atoms with E-state index in [1.807, 2.05) is 45.0 Å². The van der Waals surface area contributed by atoms with Gasteiger partial charge in [0.2, 0.25) is 11.8 Å². The summed E-state index contributed by atoms with van der Waals surface area (Å²) in [5, 5.41) is 0. The van der Waals surface area contributed by atoms with Crippen molar-refractivity contribution in [1.29, 1.82) is 0 Å². The number of carbonyl (C=O) groups is 2. The number of benzene rings is 1. The molecule has 20 heavy (non-hydrogen) atoms. The average Bonchev–Trinajstić information content (AvgIpc) is 2.44. The first-order valence-electron chi connectivity index (χ1n) is 7.00. The quantitative estimate of drug-likeness (QED) is 0.829. The predicted octanol–water partition coefficient (Wildman–Crippen LogP) is 3.07. The maximum atomic E-state index is 12.0. The highest BCUT2D eigenvalue weighted by Gasteiger charge is 2.13. The zero-order chi connectivity index (χ0) is 15.3. The van der Waals surface area contributed by atoms with Gasteiger partial charge >= 0.3 is 0 Å². The van der Waals surface area contributed by atoms with E-state index < -0.39 is 0 Å². The summed E-state index contributed by atoms with van der Waals surface area (Å²) in [6, 6.07) is 7.46. The lowest BCUT2D eigenvalue weighted by atomic mass is 10.1. The van der Waals surface area contributed by atoms with Crippen LogP contribution in [0.2, 0.25) is 0 Å². The summed E-state index contributed by atoms with van der Waals surface area (Å²) in [5.41, 5.74) is 1.68. The number of hydrogen-bond acceptors (Lipinski definition) is 2. The highest BCUT2D eigenvalue weighted by atomic mass is 16.2. The lowest BCUT2D eigenvalue weighted by molar-refractivity contribution is -0.119. The standard InChI is InChI=1S/C16H24N2O2/c1-6-15(19)17(4)13-7-9-14(10-8-13)18(5)16(20)11-12(2)3/h7-10,12H,6,11H2,1-5H3. The Balaban J connectivity index is 2.80. The van der Waals surface area contributed by atoms with Crippen LogP contribution in [-0.2, 0) is 9.59 Å². The summed E-state index contributed by atoms with van der Waals surface area (Å²) in [5.74, 6) is 0.519. The highest BCUT2D eigenvalue weighted by Crippen LogP contribution is 2.21. The van der Waals surface area contributed by atoms with E-state index in [1.165, 1.54) is 0 Å². The second-order valence-electron chi connectivity index (χ2n) is 5.37. The molecule has 0 aliphatic heterocycles. The minimum absolute atomic E-state index is 0.0713. The molecule has 0 atom stereocenters. The van der Waals surface area contributed by atoms with Crippen molar-refractivity contribution in [1.82, 2.24) is 0 Å². The molecule has 2 amide bonds. The Morgan fingerprint density at radius 2 is 1.35 bits per heavy atom. The molecule has 110 valence electrons. The molecule has 0 aliphatic carbocycles.